The number of hydrogen-bond donors (Lipinski definition) is 1. The van der Waals surface area contributed by atoms with Gasteiger partial charge >= 0.3 is 5.97 Å². The molecule has 2 aromatic rings. The van der Waals surface area contributed by atoms with Crippen LogP contribution in [-0.2, 0) is 14.3 Å². The molecular formula is C34H40N2O6. The average Bonchev–Trinajstić information content (AvgIpc) is 3.60. The Morgan fingerprint density at radius 3 is 2.36 bits per heavy atom. The summed E-state index contributed by atoms with van der Waals surface area (Å²) in [5.74, 6) is 0.0346. The molecule has 1 amide bonds. The standard InChI is InChI=1S/C31H32N2O6.C3H8/c1-6-33-14-23-26(29(33)35)27(25-20(34)12-31(9-10-31)13-22(25)39-23)24-17(4)18(7-8-21(24)38-5)19-11-15(2)16(3)28(32-19)30(36)37;1-3-2/h7-8,11,27H,6,9-10,12-14H2,1-5H3,(H,36,37);3H2,1-2H3/t27-;/m0./s1. The van der Waals surface area contributed by atoms with Crippen LogP contribution in [0, 0.1) is 26.2 Å². The van der Waals surface area contributed by atoms with E-state index in [2.05, 4.69) is 18.8 Å². The number of aryl methyl sites for hydroxylation is 1. The molecule has 4 aliphatic rings. The van der Waals surface area contributed by atoms with E-state index < -0.39 is 11.9 Å². The molecular weight excluding hydrogens is 532 g/mol. The number of aromatic carboxylic acids is 1. The van der Waals surface area contributed by atoms with Gasteiger partial charge in [-0.15, -0.1) is 0 Å². The van der Waals surface area contributed by atoms with Crippen molar-refractivity contribution in [3.63, 3.8) is 0 Å². The van der Waals surface area contributed by atoms with Gasteiger partial charge in [0.2, 0.25) is 0 Å². The number of nitrogens with zero attached hydrogens (tertiary/aromatic N) is 2. The minimum Gasteiger partial charge on any atom is -0.496 e. The lowest BCUT2D eigenvalue weighted by Gasteiger charge is -2.35. The van der Waals surface area contributed by atoms with Crippen LogP contribution in [0.3, 0.4) is 0 Å². The summed E-state index contributed by atoms with van der Waals surface area (Å²) in [6.45, 7) is 12.6. The molecule has 0 bridgehead atoms. The van der Waals surface area contributed by atoms with Gasteiger partial charge in [0.25, 0.3) is 5.91 Å². The second-order valence-electron chi connectivity index (χ2n) is 12.0. The van der Waals surface area contributed by atoms with Crippen LogP contribution < -0.4 is 4.74 Å². The topological polar surface area (TPSA) is 106 Å². The van der Waals surface area contributed by atoms with Gasteiger partial charge in [-0.25, -0.2) is 9.78 Å². The summed E-state index contributed by atoms with van der Waals surface area (Å²) in [6.07, 6.45) is 4.43. The van der Waals surface area contributed by atoms with Crippen LogP contribution >= 0.6 is 0 Å². The van der Waals surface area contributed by atoms with E-state index in [1.807, 2.05) is 39.0 Å². The van der Waals surface area contributed by atoms with Crippen molar-refractivity contribution in [3.05, 3.63) is 68.8 Å². The highest BCUT2D eigenvalue weighted by molar-refractivity contribution is 6.07. The molecule has 1 saturated carbocycles. The quantitative estimate of drug-likeness (QED) is 0.440. The van der Waals surface area contributed by atoms with Gasteiger partial charge in [0.1, 0.15) is 17.3 Å². The minimum atomic E-state index is -1.09. The number of ether oxygens (including phenoxy) is 2. The van der Waals surface area contributed by atoms with Crippen LogP contribution in [0.25, 0.3) is 11.3 Å². The maximum atomic E-state index is 13.8. The Hall–Kier alpha value is -3.94. The number of carbonyl (C=O) groups is 3. The van der Waals surface area contributed by atoms with E-state index in [9.17, 15) is 19.5 Å². The number of amides is 1. The first-order valence-electron chi connectivity index (χ1n) is 14.9. The third-order valence-electron chi connectivity index (χ3n) is 8.98. The van der Waals surface area contributed by atoms with E-state index in [4.69, 9.17) is 9.47 Å². The highest BCUT2D eigenvalue weighted by Gasteiger charge is 2.54. The Morgan fingerprint density at radius 2 is 1.76 bits per heavy atom. The second-order valence-corrected chi connectivity index (χ2v) is 12.0. The zero-order valence-electron chi connectivity index (χ0n) is 25.6. The second kappa shape index (κ2) is 11.0. The first-order chi connectivity index (χ1) is 20.0. The number of pyridine rings is 1. The average molecular weight is 573 g/mol. The number of methoxy groups -OCH3 is 1. The molecule has 8 heteroatoms. The summed E-state index contributed by atoms with van der Waals surface area (Å²) in [6, 6.07) is 5.56. The number of allylic oxidation sites excluding steroid dienone is 2. The van der Waals surface area contributed by atoms with Crippen molar-refractivity contribution in [3.8, 4) is 17.0 Å². The number of hydrogen-bond acceptors (Lipinski definition) is 6. The maximum absolute atomic E-state index is 13.8. The number of carboxylic acid groups (broad SMARTS) is 1. The molecule has 8 nitrogen and oxygen atoms in total. The number of carboxylic acids is 1. The fourth-order valence-electron chi connectivity index (χ4n) is 6.46. The number of likely N-dealkylation sites (N-methyl/N-ethyl adjacent to an activating group) is 1. The van der Waals surface area contributed by atoms with Gasteiger partial charge in [-0.05, 0) is 80.8 Å². The van der Waals surface area contributed by atoms with Gasteiger partial charge in [0.05, 0.1) is 30.8 Å². The predicted molar refractivity (Wildman–Crippen MR) is 159 cm³/mol. The van der Waals surface area contributed by atoms with E-state index in [0.717, 1.165) is 35.1 Å². The fraction of sp³-hybridized carbons (Fsp3) is 0.471. The third kappa shape index (κ3) is 4.80. The minimum absolute atomic E-state index is 0.00423. The lowest BCUT2D eigenvalue weighted by atomic mass is 9.72. The van der Waals surface area contributed by atoms with Crippen LogP contribution in [0.15, 0.2) is 40.9 Å². The van der Waals surface area contributed by atoms with Gasteiger partial charge in [-0.1, -0.05) is 20.3 Å². The molecule has 0 radical (unpaired) electrons. The summed E-state index contributed by atoms with van der Waals surface area (Å²) < 4.78 is 12.2. The number of rotatable bonds is 5. The van der Waals surface area contributed by atoms with Crippen molar-refractivity contribution in [1.29, 1.82) is 0 Å². The van der Waals surface area contributed by atoms with Crippen LogP contribution in [-0.4, -0.2) is 52.8 Å². The van der Waals surface area contributed by atoms with Crippen LogP contribution in [0.5, 0.6) is 5.75 Å². The molecule has 42 heavy (non-hydrogen) atoms. The lowest BCUT2D eigenvalue weighted by Crippen LogP contribution is -2.32. The van der Waals surface area contributed by atoms with Crippen molar-refractivity contribution in [2.45, 2.75) is 79.6 Å². The van der Waals surface area contributed by atoms with Crippen LogP contribution in [0.2, 0.25) is 0 Å². The first kappa shape index (κ1) is 29.5. The van der Waals surface area contributed by atoms with E-state index >= 15 is 0 Å². The van der Waals surface area contributed by atoms with Crippen molar-refractivity contribution >= 4 is 17.7 Å². The van der Waals surface area contributed by atoms with Gasteiger partial charge in [-0.3, -0.25) is 9.59 Å². The van der Waals surface area contributed by atoms with Crippen molar-refractivity contribution < 1.29 is 29.0 Å². The summed E-state index contributed by atoms with van der Waals surface area (Å²) in [5.41, 5.74) is 5.23. The highest BCUT2D eigenvalue weighted by atomic mass is 16.5. The van der Waals surface area contributed by atoms with E-state index in [0.29, 0.717) is 65.6 Å². The Balaban J connectivity index is 0.00000113. The van der Waals surface area contributed by atoms with Gasteiger partial charge in [0, 0.05) is 36.1 Å². The molecule has 2 aliphatic heterocycles. The number of aromatic nitrogens is 1. The van der Waals surface area contributed by atoms with Crippen molar-refractivity contribution in [1.82, 2.24) is 9.88 Å². The predicted octanol–water partition coefficient (Wildman–Crippen LogP) is 6.42. The Bertz CT molecular complexity index is 1560. The smallest absolute Gasteiger partial charge is 0.354 e. The Labute approximate surface area is 247 Å². The summed E-state index contributed by atoms with van der Waals surface area (Å²) in [4.78, 5) is 45.6. The zero-order chi connectivity index (χ0) is 30.5. The Kier molecular flexibility index (Phi) is 7.77. The van der Waals surface area contributed by atoms with Gasteiger partial charge in [-0.2, -0.15) is 0 Å². The fourth-order valence-corrected chi connectivity index (χ4v) is 6.46. The maximum Gasteiger partial charge on any atom is 0.354 e. The molecule has 3 heterocycles. The van der Waals surface area contributed by atoms with E-state index in [-0.39, 0.29) is 22.8 Å². The third-order valence-corrected chi connectivity index (χ3v) is 8.98. The van der Waals surface area contributed by atoms with E-state index in [1.54, 1.807) is 18.9 Å². The normalized spacial score (nSPS) is 20.2. The first-order valence-corrected chi connectivity index (χ1v) is 14.9. The number of Topliss-reactive ketones (excluding diaryl/α,β-unsaturated/α-hetero) is 1. The summed E-state index contributed by atoms with van der Waals surface area (Å²) in [7, 11) is 1.58. The molecule has 6 rings (SSSR count). The molecule has 1 N–H and O–H groups in total. The molecule has 1 spiro atoms. The summed E-state index contributed by atoms with van der Waals surface area (Å²) in [5, 5.41) is 9.77. The molecule has 2 aliphatic carbocycles. The van der Waals surface area contributed by atoms with Crippen molar-refractivity contribution in [2.75, 3.05) is 20.2 Å². The lowest BCUT2D eigenvalue weighted by molar-refractivity contribution is -0.125. The molecule has 0 saturated heterocycles. The molecule has 1 aromatic carbocycles. The number of ketones is 1. The molecule has 0 unspecified atom stereocenters. The molecule has 1 atom stereocenters. The largest absolute Gasteiger partial charge is 0.496 e. The Morgan fingerprint density at radius 1 is 1.07 bits per heavy atom. The molecule has 1 aromatic heterocycles. The number of carbonyl (C=O) groups excluding carboxylic acids is 2. The monoisotopic (exact) mass is 572 g/mol. The number of benzene rings is 1. The molecule has 222 valence electrons. The highest BCUT2D eigenvalue weighted by Crippen LogP contribution is 2.61. The van der Waals surface area contributed by atoms with Gasteiger partial charge in [0.15, 0.2) is 11.5 Å². The van der Waals surface area contributed by atoms with Crippen LogP contribution in [0.1, 0.15) is 91.5 Å². The van der Waals surface area contributed by atoms with Crippen LogP contribution in [0.4, 0.5) is 0 Å². The van der Waals surface area contributed by atoms with Gasteiger partial charge < -0.3 is 19.5 Å². The molecule has 1 fully saturated rings. The van der Waals surface area contributed by atoms with E-state index in [1.165, 1.54) is 6.42 Å². The zero-order valence-corrected chi connectivity index (χ0v) is 25.6. The summed E-state index contributed by atoms with van der Waals surface area (Å²) >= 11 is 0. The van der Waals surface area contributed by atoms with Crippen molar-refractivity contribution in [2.24, 2.45) is 5.41 Å². The SMILES string of the molecule is CCC.CCN1CC2=C(C1=O)[C@@H](c1c(OC)ccc(-c3cc(C)c(C)c(C(=O)O)n3)c1C)C1=C(CC3(CC3)CC1=O)O2.